The molecule has 0 aliphatic rings. The fourth-order valence-electron chi connectivity index (χ4n) is 1.99. The minimum atomic E-state index is -3.96. The summed E-state index contributed by atoms with van der Waals surface area (Å²) in [7, 11) is -3.96. The molecule has 2 N–H and O–H groups in total. The summed E-state index contributed by atoms with van der Waals surface area (Å²) in [4.78, 5) is 23.7. The minimum absolute atomic E-state index is 0.0627. The molecule has 2 aromatic carbocycles. The molecule has 0 aliphatic heterocycles. The first-order chi connectivity index (χ1) is 13.1. The lowest BCUT2D eigenvalue weighted by Gasteiger charge is -2.14. The van der Waals surface area contributed by atoms with Gasteiger partial charge in [0, 0.05) is 10.5 Å². The van der Waals surface area contributed by atoms with Crippen LogP contribution in [0.5, 0.6) is 0 Å². The number of carbonyl (C=O) groups excluding carboxylic acids is 2. The van der Waals surface area contributed by atoms with Crippen LogP contribution < -0.4 is 10.0 Å². The van der Waals surface area contributed by atoms with E-state index in [1.165, 1.54) is 25.1 Å². The second kappa shape index (κ2) is 9.22. The monoisotopic (exact) mass is 476 g/mol. The molecule has 0 fully saturated rings. The molecule has 1 amide bonds. The average Bonchev–Trinajstić information content (AvgIpc) is 2.62. The zero-order valence-electron chi connectivity index (χ0n) is 14.4. The molecular weight excluding hydrogens is 462 g/mol. The second-order valence-electron chi connectivity index (χ2n) is 5.53. The van der Waals surface area contributed by atoms with Crippen LogP contribution in [0.3, 0.4) is 0 Å². The van der Waals surface area contributed by atoms with Crippen LogP contribution in [0.2, 0.25) is 0 Å². The highest BCUT2D eigenvalue weighted by atomic mass is 79.9. The van der Waals surface area contributed by atoms with Crippen molar-refractivity contribution in [3.63, 3.8) is 0 Å². The summed E-state index contributed by atoms with van der Waals surface area (Å²) < 4.78 is 58.1. The Bertz CT molecular complexity index is 1000. The van der Waals surface area contributed by atoms with E-state index in [2.05, 4.69) is 26.0 Å². The maximum absolute atomic E-state index is 13.5. The van der Waals surface area contributed by atoms with Crippen LogP contribution in [0.1, 0.15) is 6.92 Å². The number of rotatable bonds is 7. The maximum atomic E-state index is 13.5. The molecule has 0 aromatic heterocycles. The highest BCUT2D eigenvalue weighted by Crippen LogP contribution is 2.16. The van der Waals surface area contributed by atoms with Crippen LogP contribution in [-0.4, -0.2) is 32.9 Å². The molecule has 11 heteroatoms. The highest BCUT2D eigenvalue weighted by molar-refractivity contribution is 9.10. The molecule has 1 atom stereocenters. The molecule has 0 saturated carbocycles. The first kappa shape index (κ1) is 21.9. The number of sulfonamides is 1. The first-order valence-electron chi connectivity index (χ1n) is 7.79. The molecule has 7 nitrogen and oxygen atoms in total. The van der Waals surface area contributed by atoms with E-state index in [0.717, 1.165) is 12.1 Å². The number of hydrogen-bond acceptors (Lipinski definition) is 5. The van der Waals surface area contributed by atoms with Crippen molar-refractivity contribution in [2.75, 3.05) is 11.9 Å². The van der Waals surface area contributed by atoms with E-state index < -0.39 is 46.2 Å². The number of carbonyl (C=O) groups is 2. The number of anilines is 1. The third-order valence-electron chi connectivity index (χ3n) is 3.38. The Morgan fingerprint density at radius 1 is 1.18 bits per heavy atom. The third-order valence-corrected chi connectivity index (χ3v) is 5.27. The van der Waals surface area contributed by atoms with E-state index in [1.54, 1.807) is 6.07 Å². The molecule has 28 heavy (non-hydrogen) atoms. The fourth-order valence-corrected chi connectivity index (χ4v) is 3.55. The Morgan fingerprint density at radius 3 is 2.54 bits per heavy atom. The van der Waals surface area contributed by atoms with Gasteiger partial charge in [0.15, 0.2) is 6.10 Å². The lowest BCUT2D eigenvalue weighted by Crippen LogP contribution is -2.36. The number of halogens is 3. The normalized spacial score (nSPS) is 12.3. The Labute approximate surface area is 168 Å². The summed E-state index contributed by atoms with van der Waals surface area (Å²) in [5, 5.41) is 2.15. The molecule has 0 saturated heterocycles. The van der Waals surface area contributed by atoms with Gasteiger partial charge >= 0.3 is 5.97 Å². The summed E-state index contributed by atoms with van der Waals surface area (Å²) in [6.45, 7) is 0.509. The zero-order chi connectivity index (χ0) is 20.9. The van der Waals surface area contributed by atoms with E-state index in [1.807, 2.05) is 0 Å². The first-order valence-corrected chi connectivity index (χ1v) is 10.1. The minimum Gasteiger partial charge on any atom is -0.452 e. The second-order valence-corrected chi connectivity index (χ2v) is 8.21. The van der Waals surface area contributed by atoms with Gasteiger partial charge in [0.25, 0.3) is 5.91 Å². The lowest BCUT2D eigenvalue weighted by atomic mass is 10.2. The molecule has 150 valence electrons. The Kier molecular flexibility index (Phi) is 7.22. The van der Waals surface area contributed by atoms with Gasteiger partial charge in [-0.15, -0.1) is 0 Å². The van der Waals surface area contributed by atoms with E-state index >= 15 is 0 Å². The third kappa shape index (κ3) is 6.08. The van der Waals surface area contributed by atoms with Crippen molar-refractivity contribution >= 4 is 43.5 Å². The van der Waals surface area contributed by atoms with Crippen LogP contribution in [-0.2, 0) is 24.3 Å². The molecular formula is C17H15BrF2N2O5S. The van der Waals surface area contributed by atoms with Crippen molar-refractivity contribution in [1.82, 2.24) is 4.72 Å². The van der Waals surface area contributed by atoms with Crippen LogP contribution in [0.15, 0.2) is 51.8 Å². The van der Waals surface area contributed by atoms with Crippen molar-refractivity contribution in [1.29, 1.82) is 0 Å². The van der Waals surface area contributed by atoms with Crippen molar-refractivity contribution in [3.05, 3.63) is 58.6 Å². The molecule has 2 rings (SSSR count). The van der Waals surface area contributed by atoms with Gasteiger partial charge in [-0.3, -0.25) is 9.59 Å². The topological polar surface area (TPSA) is 102 Å². The number of ether oxygens (including phenoxy) is 1. The predicted octanol–water partition coefficient (Wildman–Crippen LogP) is 2.58. The van der Waals surface area contributed by atoms with Crippen molar-refractivity contribution in [2.45, 2.75) is 17.9 Å². The molecule has 1 unspecified atom stereocenters. The van der Waals surface area contributed by atoms with Gasteiger partial charge < -0.3 is 10.1 Å². The highest BCUT2D eigenvalue weighted by Gasteiger charge is 2.21. The summed E-state index contributed by atoms with van der Waals surface area (Å²) in [5.74, 6) is -3.68. The molecule has 0 aliphatic carbocycles. The van der Waals surface area contributed by atoms with E-state index in [-0.39, 0.29) is 10.6 Å². The standard InChI is InChI=1S/C17H15BrF2N2O5S/c1-10(17(24)22-15-6-5-12(19)8-14(15)20)27-16(23)9-21-28(25,26)13-4-2-3-11(18)7-13/h2-8,10,21H,9H2,1H3,(H,22,24). The van der Waals surface area contributed by atoms with Gasteiger partial charge in [0.05, 0.1) is 10.6 Å². The van der Waals surface area contributed by atoms with E-state index in [4.69, 9.17) is 4.74 Å². The van der Waals surface area contributed by atoms with E-state index in [0.29, 0.717) is 10.5 Å². The van der Waals surface area contributed by atoms with Crippen LogP contribution >= 0.6 is 15.9 Å². The lowest BCUT2D eigenvalue weighted by molar-refractivity contribution is -0.151. The zero-order valence-corrected chi connectivity index (χ0v) is 16.8. The predicted molar refractivity (Wildman–Crippen MR) is 99.9 cm³/mol. The largest absolute Gasteiger partial charge is 0.452 e. The van der Waals surface area contributed by atoms with Gasteiger partial charge in [-0.1, -0.05) is 22.0 Å². The molecule has 0 radical (unpaired) electrons. The smallest absolute Gasteiger partial charge is 0.321 e. The summed E-state index contributed by atoms with van der Waals surface area (Å²) in [6.07, 6.45) is -1.34. The Balaban J connectivity index is 1.90. The summed E-state index contributed by atoms with van der Waals surface area (Å²) in [5.41, 5.74) is -0.287. The van der Waals surface area contributed by atoms with E-state index in [9.17, 15) is 26.8 Å². The number of hydrogen-bond donors (Lipinski definition) is 2. The summed E-state index contributed by atoms with van der Waals surface area (Å²) in [6, 6.07) is 8.39. The van der Waals surface area contributed by atoms with Gasteiger partial charge in [0.1, 0.15) is 18.2 Å². The van der Waals surface area contributed by atoms with Gasteiger partial charge in [-0.2, -0.15) is 4.72 Å². The van der Waals surface area contributed by atoms with Crippen molar-refractivity contribution in [2.24, 2.45) is 0 Å². The molecule has 2 aromatic rings. The maximum Gasteiger partial charge on any atom is 0.321 e. The number of benzene rings is 2. The van der Waals surface area contributed by atoms with Crippen molar-refractivity contribution < 1.29 is 31.5 Å². The average molecular weight is 477 g/mol. The number of nitrogens with one attached hydrogen (secondary N) is 2. The van der Waals surface area contributed by atoms with Gasteiger partial charge in [-0.25, -0.2) is 17.2 Å². The Hall–Kier alpha value is -2.37. The summed E-state index contributed by atoms with van der Waals surface area (Å²) >= 11 is 3.14. The van der Waals surface area contributed by atoms with Crippen LogP contribution in [0, 0.1) is 11.6 Å². The number of amides is 1. The van der Waals surface area contributed by atoms with Crippen LogP contribution in [0.4, 0.5) is 14.5 Å². The quantitative estimate of drug-likeness (QED) is 0.598. The van der Waals surface area contributed by atoms with Gasteiger partial charge in [-0.05, 0) is 37.3 Å². The number of esters is 1. The fraction of sp³-hybridized carbons (Fsp3) is 0.176. The molecule has 0 heterocycles. The van der Waals surface area contributed by atoms with Crippen LogP contribution in [0.25, 0.3) is 0 Å². The molecule has 0 bridgehead atoms. The molecule has 0 spiro atoms. The SMILES string of the molecule is CC(OC(=O)CNS(=O)(=O)c1cccc(Br)c1)C(=O)Nc1ccc(F)cc1F. The Morgan fingerprint density at radius 2 is 1.89 bits per heavy atom. The van der Waals surface area contributed by atoms with Gasteiger partial charge in [0.2, 0.25) is 10.0 Å². The van der Waals surface area contributed by atoms with Crippen molar-refractivity contribution in [3.8, 4) is 0 Å².